The molecule has 0 aliphatic carbocycles. The van der Waals surface area contributed by atoms with Crippen molar-refractivity contribution < 1.29 is 21.1 Å². The van der Waals surface area contributed by atoms with Gasteiger partial charge in [-0.05, 0) is 109 Å². The van der Waals surface area contributed by atoms with Gasteiger partial charge in [-0.1, -0.05) is 55.4 Å². The first-order valence-electron chi connectivity index (χ1n) is 16.0. The van der Waals surface area contributed by atoms with E-state index in [0.29, 0.717) is 11.8 Å². The van der Waals surface area contributed by atoms with Gasteiger partial charge in [-0.2, -0.15) is 0 Å². The molecule has 3 aliphatic rings. The largest absolute Gasteiger partial charge is 0.362 e. The maximum atomic E-state index is 5.32. The summed E-state index contributed by atoms with van der Waals surface area (Å²) in [4.78, 5) is 18.4. The SMILES string of the molecule is CCC1=C(CC)c2cc3[nH]c(cc4nc(cc5[nH]c(cc1n2)C(CC)C5CC)C(CC)=C4CC)c(CC)c3CC.[Pt]. The third-order valence-electron chi connectivity index (χ3n) is 9.45. The van der Waals surface area contributed by atoms with Gasteiger partial charge in [-0.25, -0.2) is 9.97 Å². The molecule has 0 amide bonds. The predicted octanol–water partition coefficient (Wildman–Crippen LogP) is 10.3. The third kappa shape index (κ3) is 5.42. The number of H-pyrrole nitrogens is 2. The average molecular weight is 732 g/mol. The molecule has 5 rings (SSSR count). The molecule has 0 aromatic carbocycles. The van der Waals surface area contributed by atoms with Crippen molar-refractivity contribution in [2.24, 2.45) is 0 Å². The number of hydrogen-bond donors (Lipinski definition) is 2. The van der Waals surface area contributed by atoms with E-state index in [0.717, 1.165) is 74.1 Å². The molecule has 2 aromatic rings. The van der Waals surface area contributed by atoms with E-state index in [2.05, 4.69) is 89.6 Å². The average Bonchev–Trinajstić information content (AvgIpc) is 3.67. The molecule has 2 aromatic heterocycles. The predicted molar refractivity (Wildman–Crippen MR) is 172 cm³/mol. The minimum atomic E-state index is 0. The van der Waals surface area contributed by atoms with Crippen molar-refractivity contribution in [3.63, 3.8) is 0 Å². The van der Waals surface area contributed by atoms with E-state index < -0.39 is 0 Å². The number of fused-ring (bicyclic) bond motifs is 8. The molecule has 5 heterocycles. The van der Waals surface area contributed by atoms with E-state index in [-0.39, 0.29) is 21.1 Å². The summed E-state index contributed by atoms with van der Waals surface area (Å²) >= 11 is 0. The standard InChI is InChI=1S/C36H48N4.Pt/c1-9-21-22(10-2)30-18-32-25(13-5)26(14-6)34(39-32)20-36-28(16-8)27(15-7)35(40-36)19-33-24(12-4)23(11-3)31(38-33)17-29(21)37-30;/h17-22,37,40H,9-16H2,1-8H3;. The summed E-state index contributed by atoms with van der Waals surface area (Å²) in [6.45, 7) is 18.3. The van der Waals surface area contributed by atoms with Crippen LogP contribution in [-0.2, 0) is 33.9 Å². The number of aromatic nitrogens is 4. The molecule has 0 saturated heterocycles. The molecule has 2 N–H and O–H groups in total. The van der Waals surface area contributed by atoms with Crippen LogP contribution in [0.5, 0.6) is 0 Å². The molecule has 0 spiro atoms. The molecule has 0 fully saturated rings. The Morgan fingerprint density at radius 3 is 1.12 bits per heavy atom. The summed E-state index contributed by atoms with van der Waals surface area (Å²) in [5.41, 5.74) is 17.9. The normalized spacial score (nSPS) is 17.7. The monoisotopic (exact) mass is 731 g/mol. The quantitative estimate of drug-likeness (QED) is 0.284. The first-order valence-corrected chi connectivity index (χ1v) is 16.0. The van der Waals surface area contributed by atoms with Gasteiger partial charge in [-0.3, -0.25) is 0 Å². The van der Waals surface area contributed by atoms with E-state index in [1.165, 1.54) is 55.8 Å². The molecule has 0 saturated carbocycles. The maximum Gasteiger partial charge on any atom is 0.0693 e. The van der Waals surface area contributed by atoms with Crippen molar-refractivity contribution in [1.82, 2.24) is 19.9 Å². The van der Waals surface area contributed by atoms with Crippen LogP contribution < -0.4 is 0 Å². The van der Waals surface area contributed by atoms with Crippen molar-refractivity contribution >= 4 is 33.3 Å². The van der Waals surface area contributed by atoms with Crippen molar-refractivity contribution in [3.05, 3.63) is 69.6 Å². The zero-order valence-corrected chi connectivity index (χ0v) is 28.6. The molecule has 5 heteroatoms. The number of rotatable bonds is 8. The van der Waals surface area contributed by atoms with Crippen molar-refractivity contribution in [1.29, 1.82) is 0 Å². The van der Waals surface area contributed by atoms with Crippen LogP contribution in [0.2, 0.25) is 0 Å². The van der Waals surface area contributed by atoms with Crippen LogP contribution >= 0.6 is 0 Å². The Morgan fingerprint density at radius 2 is 0.829 bits per heavy atom. The zero-order valence-electron chi connectivity index (χ0n) is 26.3. The second-order valence-corrected chi connectivity index (χ2v) is 11.4. The van der Waals surface area contributed by atoms with Gasteiger partial charge < -0.3 is 9.97 Å². The molecule has 41 heavy (non-hydrogen) atoms. The van der Waals surface area contributed by atoms with E-state index >= 15 is 0 Å². The van der Waals surface area contributed by atoms with Gasteiger partial charge in [0.25, 0.3) is 0 Å². The summed E-state index contributed by atoms with van der Waals surface area (Å²) < 4.78 is 0. The first-order chi connectivity index (χ1) is 19.5. The Kier molecular flexibility index (Phi) is 10.2. The number of nitrogens with one attached hydrogen (secondary N) is 2. The van der Waals surface area contributed by atoms with Crippen LogP contribution in [0, 0.1) is 0 Å². The van der Waals surface area contributed by atoms with E-state index in [4.69, 9.17) is 9.97 Å². The number of aryl methyl sites for hydroxylation is 2. The molecule has 0 radical (unpaired) electrons. The van der Waals surface area contributed by atoms with Gasteiger partial charge in [0.2, 0.25) is 0 Å². The van der Waals surface area contributed by atoms with Crippen LogP contribution in [0.3, 0.4) is 0 Å². The van der Waals surface area contributed by atoms with Crippen LogP contribution in [0.1, 0.15) is 151 Å². The van der Waals surface area contributed by atoms with E-state index in [1.54, 1.807) is 0 Å². The Labute approximate surface area is 261 Å². The Hall–Kier alpha value is -2.45. The summed E-state index contributed by atoms with van der Waals surface area (Å²) in [7, 11) is 0. The molecular weight excluding hydrogens is 684 g/mol. The van der Waals surface area contributed by atoms with Gasteiger partial charge >= 0.3 is 0 Å². The molecular formula is C36H48N4Pt. The minimum Gasteiger partial charge on any atom is -0.362 e. The summed E-state index contributed by atoms with van der Waals surface area (Å²) in [6, 6.07) is 9.38. The topological polar surface area (TPSA) is 57.4 Å². The van der Waals surface area contributed by atoms with E-state index in [1.807, 2.05) is 0 Å². The summed E-state index contributed by atoms with van der Waals surface area (Å²) in [5, 5.41) is 0. The Morgan fingerprint density at radius 1 is 0.488 bits per heavy atom. The summed E-state index contributed by atoms with van der Waals surface area (Å²) in [5.74, 6) is 0.929. The first kappa shape index (κ1) is 31.5. The summed E-state index contributed by atoms with van der Waals surface area (Å²) in [6.07, 6.45) is 8.15. The van der Waals surface area contributed by atoms with Crippen LogP contribution in [0.15, 0.2) is 24.3 Å². The Bertz CT molecular complexity index is 1440. The van der Waals surface area contributed by atoms with Gasteiger partial charge in [0.1, 0.15) is 0 Å². The second-order valence-electron chi connectivity index (χ2n) is 11.4. The molecule has 4 nitrogen and oxygen atoms in total. The fourth-order valence-electron chi connectivity index (χ4n) is 7.53. The van der Waals surface area contributed by atoms with Crippen molar-refractivity contribution in [2.75, 3.05) is 0 Å². The van der Waals surface area contributed by atoms with Crippen LogP contribution in [-0.4, -0.2) is 19.9 Å². The smallest absolute Gasteiger partial charge is 0.0693 e. The number of hydrogen-bond acceptors (Lipinski definition) is 2. The van der Waals surface area contributed by atoms with Crippen molar-refractivity contribution in [2.45, 2.75) is 119 Å². The molecule has 2 unspecified atom stereocenters. The van der Waals surface area contributed by atoms with Crippen LogP contribution in [0.25, 0.3) is 33.3 Å². The number of aromatic amines is 2. The zero-order chi connectivity index (χ0) is 28.6. The molecule has 3 aliphatic heterocycles. The molecule has 222 valence electrons. The van der Waals surface area contributed by atoms with Gasteiger partial charge in [0, 0.05) is 55.3 Å². The van der Waals surface area contributed by atoms with Gasteiger partial charge in [0.05, 0.1) is 22.8 Å². The third-order valence-corrected chi connectivity index (χ3v) is 9.45. The van der Waals surface area contributed by atoms with E-state index in [9.17, 15) is 0 Å². The molecule has 8 bridgehead atoms. The minimum absolute atomic E-state index is 0. The maximum absolute atomic E-state index is 5.32. The number of allylic oxidation sites excluding steroid dienone is 4. The fourth-order valence-corrected chi connectivity index (χ4v) is 7.53. The Balaban J connectivity index is 0.00000387. The van der Waals surface area contributed by atoms with Gasteiger partial charge in [-0.15, -0.1) is 0 Å². The molecule has 2 atom stereocenters. The second kappa shape index (κ2) is 13.2. The van der Waals surface area contributed by atoms with Crippen LogP contribution in [0.4, 0.5) is 0 Å². The van der Waals surface area contributed by atoms with Crippen molar-refractivity contribution in [3.8, 4) is 0 Å². The van der Waals surface area contributed by atoms with Gasteiger partial charge in [0.15, 0.2) is 0 Å². The number of nitrogens with zero attached hydrogens (tertiary/aromatic N) is 2. The fraction of sp³-hybridized carbons (Fsp3) is 0.500.